The summed E-state index contributed by atoms with van der Waals surface area (Å²) in [5.41, 5.74) is 6.42. The van der Waals surface area contributed by atoms with E-state index in [2.05, 4.69) is 0 Å². The Morgan fingerprint density at radius 3 is 2.53 bits per heavy atom. The number of anilines is 1. The number of aliphatic hydroxyl groups is 1. The maximum absolute atomic E-state index is 12.5. The monoisotopic (exact) mass is 416 g/mol. The molecule has 2 aromatic carbocycles. The molecule has 1 heterocycles. The predicted octanol–water partition coefficient (Wildman–Crippen LogP) is 1.61. The van der Waals surface area contributed by atoms with Crippen LogP contribution in [0.25, 0.3) is 0 Å². The van der Waals surface area contributed by atoms with Crippen molar-refractivity contribution in [1.82, 2.24) is 0 Å². The Morgan fingerprint density at radius 2 is 1.93 bits per heavy atom. The molecule has 0 aromatic heterocycles. The van der Waals surface area contributed by atoms with Gasteiger partial charge in [0.25, 0.3) is 5.91 Å². The molecule has 30 heavy (non-hydrogen) atoms. The third-order valence-corrected chi connectivity index (χ3v) is 4.59. The Bertz CT molecular complexity index is 910. The van der Waals surface area contributed by atoms with Gasteiger partial charge in [-0.2, -0.15) is 0 Å². The van der Waals surface area contributed by atoms with Crippen molar-refractivity contribution in [3.8, 4) is 23.0 Å². The van der Waals surface area contributed by atoms with Gasteiger partial charge in [0, 0.05) is 13.1 Å². The molecule has 1 amide bonds. The molecule has 1 aliphatic heterocycles. The number of amides is 1. The second-order valence-electron chi connectivity index (χ2n) is 6.42. The number of hydrogen-bond donors (Lipinski definition) is 2. The highest BCUT2D eigenvalue weighted by atomic mass is 16.5. The standard InChI is InChI=1S/C21H24N2O7/c1-27-16-4-2-3-5-17(16)30-20-18(21(22)26)15(23-6-9-28-10-7-23)12-14(13-25)19(20)29-11-8-24/h2-5,12-13,24H,6-11H2,1H3,(H2,22,26). The molecule has 1 aliphatic rings. The number of primary amides is 1. The molecule has 3 rings (SSSR count). The summed E-state index contributed by atoms with van der Waals surface area (Å²) in [6, 6.07) is 8.40. The number of nitrogens with zero attached hydrogens (tertiary/aromatic N) is 1. The first-order valence-electron chi connectivity index (χ1n) is 9.43. The molecular weight excluding hydrogens is 392 g/mol. The smallest absolute Gasteiger partial charge is 0.254 e. The van der Waals surface area contributed by atoms with Crippen LogP contribution in [0.1, 0.15) is 20.7 Å². The Balaban J connectivity index is 2.22. The number of methoxy groups -OCH3 is 1. The number of aliphatic hydroxyl groups excluding tert-OH is 1. The predicted molar refractivity (Wildman–Crippen MR) is 109 cm³/mol. The Morgan fingerprint density at radius 1 is 1.23 bits per heavy atom. The van der Waals surface area contributed by atoms with Crippen LogP contribution >= 0.6 is 0 Å². The van der Waals surface area contributed by atoms with Crippen LogP contribution in [0.15, 0.2) is 30.3 Å². The van der Waals surface area contributed by atoms with E-state index in [0.29, 0.717) is 49.8 Å². The van der Waals surface area contributed by atoms with Gasteiger partial charge in [0.15, 0.2) is 29.3 Å². The summed E-state index contributed by atoms with van der Waals surface area (Å²) in [5, 5.41) is 9.20. The van der Waals surface area contributed by atoms with Gasteiger partial charge in [-0.1, -0.05) is 12.1 Å². The second kappa shape index (κ2) is 9.95. The maximum Gasteiger partial charge on any atom is 0.254 e. The van der Waals surface area contributed by atoms with Gasteiger partial charge in [-0.15, -0.1) is 0 Å². The van der Waals surface area contributed by atoms with Crippen LogP contribution < -0.4 is 24.8 Å². The van der Waals surface area contributed by atoms with Crippen LogP contribution in [-0.4, -0.2) is 63.9 Å². The topological polar surface area (TPSA) is 121 Å². The van der Waals surface area contributed by atoms with Crippen molar-refractivity contribution in [2.24, 2.45) is 5.73 Å². The van der Waals surface area contributed by atoms with E-state index in [1.165, 1.54) is 7.11 Å². The third-order valence-electron chi connectivity index (χ3n) is 4.59. The van der Waals surface area contributed by atoms with Crippen molar-refractivity contribution in [3.63, 3.8) is 0 Å². The normalized spacial score (nSPS) is 13.6. The molecule has 160 valence electrons. The third kappa shape index (κ3) is 4.47. The second-order valence-corrected chi connectivity index (χ2v) is 6.42. The summed E-state index contributed by atoms with van der Waals surface area (Å²) in [7, 11) is 1.49. The average Bonchev–Trinajstić information content (AvgIpc) is 2.78. The molecule has 0 atom stereocenters. The Kier molecular flexibility index (Phi) is 7.10. The number of benzene rings is 2. The van der Waals surface area contributed by atoms with Crippen molar-refractivity contribution in [1.29, 1.82) is 0 Å². The molecule has 3 N–H and O–H groups in total. The van der Waals surface area contributed by atoms with Crippen LogP contribution in [-0.2, 0) is 4.74 Å². The fourth-order valence-electron chi connectivity index (χ4n) is 3.23. The summed E-state index contributed by atoms with van der Waals surface area (Å²) in [6.07, 6.45) is 0.608. The fourth-order valence-corrected chi connectivity index (χ4v) is 3.23. The number of ether oxygens (including phenoxy) is 4. The summed E-state index contributed by atoms with van der Waals surface area (Å²) < 4.78 is 22.3. The lowest BCUT2D eigenvalue weighted by Gasteiger charge is -2.31. The first kappa shape index (κ1) is 21.4. The number of aldehydes is 1. The highest BCUT2D eigenvalue weighted by Gasteiger charge is 2.29. The van der Waals surface area contributed by atoms with Gasteiger partial charge in [-0.3, -0.25) is 9.59 Å². The van der Waals surface area contributed by atoms with E-state index in [1.54, 1.807) is 30.3 Å². The molecule has 0 unspecified atom stereocenters. The quantitative estimate of drug-likeness (QED) is 0.592. The van der Waals surface area contributed by atoms with Crippen molar-refractivity contribution in [2.45, 2.75) is 0 Å². The lowest BCUT2D eigenvalue weighted by atomic mass is 10.0. The maximum atomic E-state index is 12.5. The van der Waals surface area contributed by atoms with E-state index in [1.807, 2.05) is 4.90 Å². The fraction of sp³-hybridized carbons (Fsp3) is 0.333. The number of rotatable bonds is 9. The zero-order chi connectivity index (χ0) is 21.5. The molecule has 9 nitrogen and oxygen atoms in total. The summed E-state index contributed by atoms with van der Waals surface area (Å²) >= 11 is 0. The summed E-state index contributed by atoms with van der Waals surface area (Å²) in [4.78, 5) is 26.3. The molecule has 0 saturated carbocycles. The number of nitrogens with two attached hydrogens (primary N) is 1. The van der Waals surface area contributed by atoms with Crippen molar-refractivity contribution < 1.29 is 33.6 Å². The first-order valence-corrected chi connectivity index (χ1v) is 9.43. The zero-order valence-electron chi connectivity index (χ0n) is 16.6. The molecule has 0 bridgehead atoms. The highest BCUT2D eigenvalue weighted by molar-refractivity contribution is 6.04. The number of para-hydroxylation sites is 2. The minimum Gasteiger partial charge on any atom is -0.493 e. The van der Waals surface area contributed by atoms with Gasteiger partial charge < -0.3 is 34.7 Å². The molecule has 0 radical (unpaired) electrons. The van der Waals surface area contributed by atoms with Crippen LogP contribution in [0.4, 0.5) is 5.69 Å². The van der Waals surface area contributed by atoms with Crippen molar-refractivity contribution in [2.75, 3.05) is 51.5 Å². The zero-order valence-corrected chi connectivity index (χ0v) is 16.6. The van der Waals surface area contributed by atoms with Gasteiger partial charge in [-0.25, -0.2) is 0 Å². The van der Waals surface area contributed by atoms with Gasteiger partial charge in [0.05, 0.1) is 38.2 Å². The van der Waals surface area contributed by atoms with E-state index >= 15 is 0 Å². The molecule has 1 fully saturated rings. The number of hydrogen-bond acceptors (Lipinski definition) is 8. The SMILES string of the molecule is COc1ccccc1Oc1c(OCCO)c(C=O)cc(N2CCOCC2)c1C(N)=O. The molecule has 2 aromatic rings. The van der Waals surface area contributed by atoms with Crippen molar-refractivity contribution >= 4 is 17.9 Å². The first-order chi connectivity index (χ1) is 14.6. The van der Waals surface area contributed by atoms with Crippen LogP contribution in [0.3, 0.4) is 0 Å². The van der Waals surface area contributed by atoms with E-state index in [0.717, 1.165) is 0 Å². The lowest BCUT2D eigenvalue weighted by Crippen LogP contribution is -2.37. The summed E-state index contributed by atoms with van der Waals surface area (Å²) in [5.74, 6) is 0.00720. The van der Waals surface area contributed by atoms with Gasteiger partial charge >= 0.3 is 0 Å². The van der Waals surface area contributed by atoms with Gasteiger partial charge in [0.2, 0.25) is 0 Å². The highest BCUT2D eigenvalue weighted by Crippen LogP contribution is 2.44. The van der Waals surface area contributed by atoms with E-state index in [9.17, 15) is 14.7 Å². The minimum absolute atomic E-state index is 0.00783. The van der Waals surface area contributed by atoms with E-state index < -0.39 is 5.91 Å². The Labute approximate surface area is 173 Å². The van der Waals surface area contributed by atoms with Crippen LogP contribution in [0, 0.1) is 0 Å². The lowest BCUT2D eigenvalue weighted by molar-refractivity contribution is 0.0993. The van der Waals surface area contributed by atoms with Gasteiger partial charge in [0.1, 0.15) is 12.2 Å². The molecule has 0 spiro atoms. The molecule has 9 heteroatoms. The van der Waals surface area contributed by atoms with Gasteiger partial charge in [-0.05, 0) is 18.2 Å². The number of carbonyl (C=O) groups is 2. The van der Waals surface area contributed by atoms with E-state index in [4.69, 9.17) is 24.7 Å². The van der Waals surface area contributed by atoms with Crippen LogP contribution in [0.2, 0.25) is 0 Å². The number of morpholine rings is 1. The van der Waals surface area contributed by atoms with Crippen molar-refractivity contribution in [3.05, 3.63) is 41.5 Å². The molecule has 0 aliphatic carbocycles. The molecule has 1 saturated heterocycles. The van der Waals surface area contributed by atoms with E-state index in [-0.39, 0.29) is 35.8 Å². The Hall–Kier alpha value is -3.30. The van der Waals surface area contributed by atoms with Crippen LogP contribution in [0.5, 0.6) is 23.0 Å². The average molecular weight is 416 g/mol. The summed E-state index contributed by atoms with van der Waals surface area (Å²) in [6.45, 7) is 1.59. The minimum atomic E-state index is -0.743. The molecular formula is C21H24N2O7. The number of carbonyl (C=O) groups excluding carboxylic acids is 2. The largest absolute Gasteiger partial charge is 0.493 e.